The molecule has 0 saturated heterocycles. The van der Waals surface area contributed by atoms with Gasteiger partial charge in [-0.15, -0.1) is 0 Å². The highest BCUT2D eigenvalue weighted by Crippen LogP contribution is 2.34. The van der Waals surface area contributed by atoms with Gasteiger partial charge >= 0.3 is 0 Å². The molecule has 0 unspecified atom stereocenters. The summed E-state index contributed by atoms with van der Waals surface area (Å²) in [5, 5.41) is 7.50. The number of nitrogens with zero attached hydrogens (tertiary/aromatic N) is 3. The van der Waals surface area contributed by atoms with Crippen LogP contribution in [0.25, 0.3) is 5.65 Å². The minimum absolute atomic E-state index is 0.0486. The molecule has 4 rings (SSSR count). The van der Waals surface area contributed by atoms with Gasteiger partial charge in [-0.3, -0.25) is 4.79 Å². The summed E-state index contributed by atoms with van der Waals surface area (Å²) >= 11 is 0. The maximum atomic E-state index is 12.7. The fourth-order valence-electron chi connectivity index (χ4n) is 4.30. The van der Waals surface area contributed by atoms with E-state index in [0.29, 0.717) is 30.0 Å². The van der Waals surface area contributed by atoms with E-state index in [1.165, 1.54) is 12.8 Å². The Labute approximate surface area is 182 Å². The number of hydrogen-bond acceptors (Lipinski definition) is 5. The molecule has 1 amide bonds. The third kappa shape index (κ3) is 4.65. The van der Waals surface area contributed by atoms with Crippen LogP contribution in [0.5, 0.6) is 11.5 Å². The SMILES string of the molecule is COc1ccc(NC(=O)CCc2c(C)nc3cc(C)nn3c2C)cc1OC1CCCC1. The van der Waals surface area contributed by atoms with Crippen molar-refractivity contribution in [2.75, 3.05) is 12.4 Å². The van der Waals surface area contributed by atoms with Crippen molar-refractivity contribution in [3.8, 4) is 11.5 Å². The van der Waals surface area contributed by atoms with Crippen LogP contribution in [0.3, 0.4) is 0 Å². The largest absolute Gasteiger partial charge is 0.493 e. The van der Waals surface area contributed by atoms with Gasteiger partial charge in [-0.25, -0.2) is 9.50 Å². The first-order valence-corrected chi connectivity index (χ1v) is 10.9. The monoisotopic (exact) mass is 422 g/mol. The minimum atomic E-state index is -0.0486. The number of aryl methyl sites for hydroxylation is 3. The van der Waals surface area contributed by atoms with E-state index in [1.54, 1.807) is 7.11 Å². The second kappa shape index (κ2) is 8.96. The van der Waals surface area contributed by atoms with Gasteiger partial charge in [0.1, 0.15) is 0 Å². The lowest BCUT2D eigenvalue weighted by atomic mass is 10.1. The van der Waals surface area contributed by atoms with Crippen LogP contribution in [0.4, 0.5) is 5.69 Å². The maximum Gasteiger partial charge on any atom is 0.224 e. The summed E-state index contributed by atoms with van der Waals surface area (Å²) in [5.41, 5.74) is 5.51. The molecule has 0 radical (unpaired) electrons. The van der Waals surface area contributed by atoms with E-state index < -0.39 is 0 Å². The zero-order valence-electron chi connectivity index (χ0n) is 18.7. The van der Waals surface area contributed by atoms with Gasteiger partial charge in [0.15, 0.2) is 17.1 Å². The Morgan fingerprint density at radius 1 is 1.16 bits per heavy atom. The van der Waals surface area contributed by atoms with E-state index in [2.05, 4.69) is 15.4 Å². The maximum absolute atomic E-state index is 12.7. The third-order valence-electron chi connectivity index (χ3n) is 5.93. The van der Waals surface area contributed by atoms with E-state index >= 15 is 0 Å². The summed E-state index contributed by atoms with van der Waals surface area (Å²) in [6.07, 6.45) is 5.70. The Bertz CT molecular complexity index is 1100. The van der Waals surface area contributed by atoms with Crippen molar-refractivity contribution in [3.05, 3.63) is 46.9 Å². The summed E-state index contributed by atoms with van der Waals surface area (Å²) in [6, 6.07) is 7.50. The first-order valence-electron chi connectivity index (χ1n) is 10.9. The van der Waals surface area contributed by atoms with Crippen molar-refractivity contribution in [2.24, 2.45) is 0 Å². The van der Waals surface area contributed by atoms with Gasteiger partial charge in [0.25, 0.3) is 0 Å². The normalized spacial score (nSPS) is 14.2. The summed E-state index contributed by atoms with van der Waals surface area (Å²) in [6.45, 7) is 5.96. The summed E-state index contributed by atoms with van der Waals surface area (Å²) in [5.74, 6) is 1.32. The lowest BCUT2D eigenvalue weighted by molar-refractivity contribution is -0.116. The molecule has 1 aliphatic rings. The highest BCUT2D eigenvalue weighted by atomic mass is 16.5. The van der Waals surface area contributed by atoms with Crippen molar-refractivity contribution in [3.63, 3.8) is 0 Å². The number of anilines is 1. The van der Waals surface area contributed by atoms with Crippen molar-refractivity contribution in [2.45, 2.75) is 65.4 Å². The first kappa shape index (κ1) is 21.2. The molecular formula is C24H30N4O3. The fraction of sp³-hybridized carbons (Fsp3) is 0.458. The number of hydrogen-bond donors (Lipinski definition) is 1. The Morgan fingerprint density at radius 2 is 1.94 bits per heavy atom. The summed E-state index contributed by atoms with van der Waals surface area (Å²) in [4.78, 5) is 17.3. The van der Waals surface area contributed by atoms with E-state index in [1.807, 2.05) is 49.6 Å². The van der Waals surface area contributed by atoms with Gasteiger partial charge in [-0.1, -0.05) is 0 Å². The first-order chi connectivity index (χ1) is 14.9. The van der Waals surface area contributed by atoms with Crippen molar-refractivity contribution < 1.29 is 14.3 Å². The molecule has 164 valence electrons. The number of amides is 1. The molecule has 1 aromatic carbocycles. The number of ether oxygens (including phenoxy) is 2. The number of nitrogens with one attached hydrogen (secondary N) is 1. The van der Waals surface area contributed by atoms with Gasteiger partial charge in [-0.2, -0.15) is 5.10 Å². The minimum Gasteiger partial charge on any atom is -0.493 e. The van der Waals surface area contributed by atoms with Gasteiger partial charge in [0.2, 0.25) is 5.91 Å². The molecule has 2 aromatic heterocycles. The quantitative estimate of drug-likeness (QED) is 0.604. The second-order valence-electron chi connectivity index (χ2n) is 8.26. The third-order valence-corrected chi connectivity index (χ3v) is 5.93. The van der Waals surface area contributed by atoms with Crippen LogP contribution in [-0.4, -0.2) is 33.7 Å². The summed E-state index contributed by atoms with van der Waals surface area (Å²) < 4.78 is 13.4. The molecule has 1 saturated carbocycles. The van der Waals surface area contributed by atoms with Crippen LogP contribution in [0.15, 0.2) is 24.3 Å². The molecule has 1 fully saturated rings. The molecule has 0 atom stereocenters. The molecule has 7 nitrogen and oxygen atoms in total. The van der Waals surface area contributed by atoms with E-state index in [4.69, 9.17) is 9.47 Å². The number of carbonyl (C=O) groups is 1. The van der Waals surface area contributed by atoms with Crippen LogP contribution >= 0.6 is 0 Å². The van der Waals surface area contributed by atoms with Crippen molar-refractivity contribution >= 4 is 17.2 Å². The van der Waals surface area contributed by atoms with Gasteiger partial charge in [0.05, 0.1) is 18.9 Å². The van der Waals surface area contributed by atoms with Crippen molar-refractivity contribution in [1.29, 1.82) is 0 Å². The highest BCUT2D eigenvalue weighted by Gasteiger charge is 2.19. The molecule has 0 aliphatic heterocycles. The van der Waals surface area contributed by atoms with Crippen molar-refractivity contribution in [1.82, 2.24) is 14.6 Å². The molecule has 0 spiro atoms. The zero-order chi connectivity index (χ0) is 22.0. The Morgan fingerprint density at radius 3 is 2.68 bits per heavy atom. The Balaban J connectivity index is 1.43. The molecule has 0 bridgehead atoms. The Kier molecular flexibility index (Phi) is 6.11. The van der Waals surface area contributed by atoms with Gasteiger partial charge in [0, 0.05) is 35.6 Å². The molecule has 1 N–H and O–H groups in total. The highest BCUT2D eigenvalue weighted by molar-refractivity contribution is 5.91. The average molecular weight is 423 g/mol. The molecule has 1 aliphatic carbocycles. The zero-order valence-corrected chi connectivity index (χ0v) is 18.7. The molecule has 31 heavy (non-hydrogen) atoms. The predicted octanol–water partition coefficient (Wildman–Crippen LogP) is 4.56. The number of rotatable bonds is 7. The lowest BCUT2D eigenvalue weighted by Gasteiger charge is -2.17. The fourth-order valence-corrected chi connectivity index (χ4v) is 4.30. The standard InChI is InChI=1S/C24H30N4O3/c1-15-13-23-25-16(2)20(17(3)28(23)27-15)10-12-24(29)26-18-9-11-21(30-4)22(14-18)31-19-7-5-6-8-19/h9,11,13-14,19H,5-8,10,12H2,1-4H3,(H,26,29). The molecule has 7 heteroatoms. The average Bonchev–Trinajstić information content (AvgIpc) is 3.37. The number of benzene rings is 1. The van der Waals surface area contributed by atoms with E-state index in [9.17, 15) is 4.79 Å². The molecule has 3 aromatic rings. The summed E-state index contributed by atoms with van der Waals surface area (Å²) in [7, 11) is 1.63. The predicted molar refractivity (Wildman–Crippen MR) is 120 cm³/mol. The van der Waals surface area contributed by atoms with E-state index in [-0.39, 0.29) is 12.0 Å². The van der Waals surface area contributed by atoms with Crippen LogP contribution in [0, 0.1) is 20.8 Å². The number of carbonyl (C=O) groups excluding carboxylic acids is 1. The van der Waals surface area contributed by atoms with Crippen LogP contribution in [0.1, 0.15) is 54.7 Å². The number of aromatic nitrogens is 3. The Hall–Kier alpha value is -3.09. The molecular weight excluding hydrogens is 392 g/mol. The van der Waals surface area contributed by atoms with Crippen LogP contribution in [-0.2, 0) is 11.2 Å². The topological polar surface area (TPSA) is 77.8 Å². The smallest absolute Gasteiger partial charge is 0.224 e. The van der Waals surface area contributed by atoms with Gasteiger partial charge in [-0.05, 0) is 70.6 Å². The number of methoxy groups -OCH3 is 1. The lowest BCUT2D eigenvalue weighted by Crippen LogP contribution is -2.15. The van der Waals surface area contributed by atoms with Gasteiger partial charge < -0.3 is 14.8 Å². The molecule has 2 heterocycles. The van der Waals surface area contributed by atoms with Crippen LogP contribution in [0.2, 0.25) is 0 Å². The van der Waals surface area contributed by atoms with Crippen LogP contribution < -0.4 is 14.8 Å². The number of fused-ring (bicyclic) bond motifs is 1. The van der Waals surface area contributed by atoms with E-state index in [0.717, 1.165) is 41.1 Å². The second-order valence-corrected chi connectivity index (χ2v) is 8.26.